The van der Waals surface area contributed by atoms with Gasteiger partial charge in [0.2, 0.25) is 5.89 Å². The van der Waals surface area contributed by atoms with Crippen LogP contribution in [0.2, 0.25) is 0 Å². The molecule has 20 heavy (non-hydrogen) atoms. The van der Waals surface area contributed by atoms with E-state index in [9.17, 15) is 0 Å². The van der Waals surface area contributed by atoms with Gasteiger partial charge in [-0.2, -0.15) is 0 Å². The van der Waals surface area contributed by atoms with Crippen LogP contribution in [-0.4, -0.2) is 20.2 Å². The van der Waals surface area contributed by atoms with Gasteiger partial charge in [-0.1, -0.05) is 18.7 Å². The number of hydrogen-bond acceptors (Lipinski definition) is 7. The van der Waals surface area contributed by atoms with Crippen molar-refractivity contribution in [1.82, 2.24) is 20.2 Å². The molecule has 0 saturated heterocycles. The third-order valence-corrected chi connectivity index (χ3v) is 4.47. The smallest absolute Gasteiger partial charge is 0.277 e. The van der Waals surface area contributed by atoms with Gasteiger partial charge in [0, 0.05) is 29.1 Å². The van der Waals surface area contributed by atoms with Gasteiger partial charge in [0.25, 0.3) is 5.22 Å². The fourth-order valence-electron chi connectivity index (χ4n) is 1.59. The molecule has 3 rings (SSSR count). The average molecular weight is 304 g/mol. The first-order chi connectivity index (χ1) is 9.85. The Balaban J connectivity index is 1.65. The minimum Gasteiger partial charge on any atom is -0.411 e. The van der Waals surface area contributed by atoms with Crippen LogP contribution < -0.4 is 0 Å². The van der Waals surface area contributed by atoms with E-state index in [1.165, 1.54) is 11.8 Å². The number of thiazole rings is 1. The van der Waals surface area contributed by atoms with E-state index in [-0.39, 0.29) is 0 Å². The average Bonchev–Trinajstić information content (AvgIpc) is 3.15. The second-order valence-electron chi connectivity index (χ2n) is 3.98. The normalized spacial score (nSPS) is 10.8. The molecule has 7 heteroatoms. The van der Waals surface area contributed by atoms with Gasteiger partial charge in [-0.3, -0.25) is 4.98 Å². The van der Waals surface area contributed by atoms with Gasteiger partial charge < -0.3 is 4.42 Å². The maximum absolute atomic E-state index is 5.61. The highest BCUT2D eigenvalue weighted by atomic mass is 32.2. The molecule has 0 N–H and O–H groups in total. The maximum Gasteiger partial charge on any atom is 0.277 e. The first-order valence-electron chi connectivity index (χ1n) is 6.15. The molecule has 3 aromatic rings. The molecule has 3 aromatic heterocycles. The Morgan fingerprint density at radius 3 is 2.85 bits per heavy atom. The molecular formula is C13H12N4OS2. The molecule has 0 bridgehead atoms. The van der Waals surface area contributed by atoms with Crippen molar-refractivity contribution in [1.29, 1.82) is 0 Å². The number of aryl methyl sites for hydroxylation is 1. The van der Waals surface area contributed by atoms with Crippen LogP contribution in [0.1, 0.15) is 17.6 Å². The summed E-state index contributed by atoms with van der Waals surface area (Å²) in [5.41, 5.74) is 1.93. The van der Waals surface area contributed by atoms with Crippen LogP contribution in [0.25, 0.3) is 11.5 Å². The summed E-state index contributed by atoms with van der Waals surface area (Å²) in [5.74, 6) is 1.26. The molecule has 0 unspecified atom stereocenters. The Bertz CT molecular complexity index is 681. The quantitative estimate of drug-likeness (QED) is 0.673. The maximum atomic E-state index is 5.61. The van der Waals surface area contributed by atoms with Crippen molar-refractivity contribution in [3.05, 3.63) is 40.6 Å². The second-order valence-corrected chi connectivity index (χ2v) is 5.85. The van der Waals surface area contributed by atoms with Crippen LogP contribution in [0.5, 0.6) is 0 Å². The SMILES string of the molecule is CCc1nc(CSc2nnc(-c3ccncc3)o2)cs1. The summed E-state index contributed by atoms with van der Waals surface area (Å²) in [4.78, 5) is 8.47. The van der Waals surface area contributed by atoms with Gasteiger partial charge in [-0.25, -0.2) is 4.98 Å². The molecule has 0 aliphatic carbocycles. The molecule has 0 atom stereocenters. The van der Waals surface area contributed by atoms with Crippen molar-refractivity contribution in [2.75, 3.05) is 0 Å². The van der Waals surface area contributed by atoms with Gasteiger partial charge >= 0.3 is 0 Å². The lowest BCUT2D eigenvalue weighted by molar-refractivity contribution is 0.465. The molecule has 0 fully saturated rings. The first kappa shape index (κ1) is 13.3. The van der Waals surface area contributed by atoms with Crippen LogP contribution >= 0.6 is 23.1 Å². The fourth-order valence-corrected chi connectivity index (χ4v) is 3.10. The Kier molecular flexibility index (Phi) is 4.08. The van der Waals surface area contributed by atoms with Crippen LogP contribution in [0.4, 0.5) is 0 Å². The van der Waals surface area contributed by atoms with Crippen molar-refractivity contribution in [2.24, 2.45) is 0 Å². The molecule has 0 spiro atoms. The predicted octanol–water partition coefficient (Wildman–Crippen LogP) is 3.44. The summed E-state index contributed by atoms with van der Waals surface area (Å²) >= 11 is 3.19. The predicted molar refractivity (Wildman–Crippen MR) is 78.6 cm³/mol. The minimum absolute atomic E-state index is 0.516. The van der Waals surface area contributed by atoms with E-state index >= 15 is 0 Å². The zero-order chi connectivity index (χ0) is 13.8. The number of hydrogen-bond donors (Lipinski definition) is 0. The van der Waals surface area contributed by atoms with E-state index in [2.05, 4.69) is 32.5 Å². The molecule has 0 aromatic carbocycles. The number of nitrogens with zero attached hydrogens (tertiary/aromatic N) is 4. The number of thioether (sulfide) groups is 1. The highest BCUT2D eigenvalue weighted by Gasteiger charge is 2.10. The molecule has 102 valence electrons. The minimum atomic E-state index is 0.516. The highest BCUT2D eigenvalue weighted by Crippen LogP contribution is 2.25. The summed E-state index contributed by atoms with van der Waals surface area (Å²) in [5, 5.41) is 11.9. The molecule has 3 heterocycles. The monoisotopic (exact) mass is 304 g/mol. The van der Waals surface area contributed by atoms with E-state index in [1.54, 1.807) is 23.7 Å². The van der Waals surface area contributed by atoms with Crippen LogP contribution in [0.3, 0.4) is 0 Å². The molecule has 0 saturated carbocycles. The Morgan fingerprint density at radius 1 is 1.25 bits per heavy atom. The van der Waals surface area contributed by atoms with E-state index < -0.39 is 0 Å². The lowest BCUT2D eigenvalue weighted by Gasteiger charge is -1.93. The molecular weight excluding hydrogens is 292 g/mol. The zero-order valence-corrected chi connectivity index (χ0v) is 12.4. The topological polar surface area (TPSA) is 64.7 Å². The molecule has 0 aliphatic heterocycles. The number of rotatable bonds is 5. The van der Waals surface area contributed by atoms with Gasteiger partial charge in [0.05, 0.1) is 10.7 Å². The molecule has 5 nitrogen and oxygen atoms in total. The van der Waals surface area contributed by atoms with E-state index in [4.69, 9.17) is 4.42 Å². The zero-order valence-electron chi connectivity index (χ0n) is 10.8. The molecule has 0 aliphatic rings. The summed E-state index contributed by atoms with van der Waals surface area (Å²) < 4.78 is 5.61. The van der Waals surface area contributed by atoms with Crippen molar-refractivity contribution >= 4 is 23.1 Å². The lowest BCUT2D eigenvalue weighted by Crippen LogP contribution is -1.83. The van der Waals surface area contributed by atoms with E-state index in [0.29, 0.717) is 11.1 Å². The summed E-state index contributed by atoms with van der Waals surface area (Å²) in [7, 11) is 0. The van der Waals surface area contributed by atoms with E-state index in [0.717, 1.165) is 28.4 Å². The standard InChI is InChI=1S/C13H12N4OS2/c1-2-11-15-10(7-19-11)8-20-13-17-16-12(18-13)9-3-5-14-6-4-9/h3-7H,2,8H2,1H3. The first-order valence-corrected chi connectivity index (χ1v) is 8.01. The summed E-state index contributed by atoms with van der Waals surface area (Å²) in [6.45, 7) is 2.11. The van der Waals surface area contributed by atoms with Crippen molar-refractivity contribution in [3.63, 3.8) is 0 Å². The Morgan fingerprint density at radius 2 is 2.10 bits per heavy atom. The van der Waals surface area contributed by atoms with Gasteiger partial charge in [-0.05, 0) is 18.6 Å². The van der Waals surface area contributed by atoms with Gasteiger partial charge in [0.15, 0.2) is 0 Å². The Hall–Kier alpha value is -1.73. The largest absolute Gasteiger partial charge is 0.411 e. The van der Waals surface area contributed by atoms with Crippen molar-refractivity contribution in [3.8, 4) is 11.5 Å². The lowest BCUT2D eigenvalue weighted by atomic mass is 10.3. The third-order valence-electron chi connectivity index (χ3n) is 2.58. The van der Waals surface area contributed by atoms with Crippen molar-refractivity contribution in [2.45, 2.75) is 24.3 Å². The van der Waals surface area contributed by atoms with Crippen molar-refractivity contribution < 1.29 is 4.42 Å². The fraction of sp³-hybridized carbons (Fsp3) is 0.231. The van der Waals surface area contributed by atoms with Crippen LogP contribution in [0.15, 0.2) is 39.5 Å². The summed E-state index contributed by atoms with van der Waals surface area (Å²) in [6, 6.07) is 3.69. The molecule has 0 radical (unpaired) electrons. The van der Waals surface area contributed by atoms with Crippen LogP contribution in [-0.2, 0) is 12.2 Å². The van der Waals surface area contributed by atoms with E-state index in [1.807, 2.05) is 12.1 Å². The van der Waals surface area contributed by atoms with Gasteiger partial charge in [0.1, 0.15) is 0 Å². The number of pyridine rings is 1. The second kappa shape index (κ2) is 6.15. The van der Waals surface area contributed by atoms with Gasteiger partial charge in [-0.15, -0.1) is 21.5 Å². The third kappa shape index (κ3) is 3.05. The summed E-state index contributed by atoms with van der Waals surface area (Å²) in [6.07, 6.45) is 4.38. The Labute approximate surface area is 124 Å². The highest BCUT2D eigenvalue weighted by molar-refractivity contribution is 7.98. The number of aromatic nitrogens is 4. The van der Waals surface area contributed by atoms with Crippen LogP contribution in [0, 0.1) is 0 Å². The molecule has 0 amide bonds.